The first-order chi connectivity index (χ1) is 14.9. The van der Waals surface area contributed by atoms with Crippen molar-refractivity contribution in [1.82, 2.24) is 5.32 Å². The zero-order chi connectivity index (χ0) is 22.4. The molecule has 0 aliphatic heterocycles. The maximum atomic E-state index is 12.2. The molecule has 162 valence electrons. The Morgan fingerprint density at radius 3 is 2.42 bits per heavy atom. The van der Waals surface area contributed by atoms with Crippen LogP contribution in [-0.4, -0.2) is 42.6 Å². The summed E-state index contributed by atoms with van der Waals surface area (Å²) in [5, 5.41) is 15.4. The van der Waals surface area contributed by atoms with Gasteiger partial charge in [-0.1, -0.05) is 50.2 Å². The molecule has 0 bridgehead atoms. The Morgan fingerprint density at radius 2 is 1.74 bits per heavy atom. The minimum atomic E-state index is -0.715. The fraction of sp³-hybridized carbons (Fsp3) is 0.292. The SMILES string of the molecule is CC(C)(C)[C@@H](NC=O)C(=O)OC/C=C\COc1ccc2c(c1)/C(=N/O)c1ccccc1-2. The summed E-state index contributed by atoms with van der Waals surface area (Å²) < 4.78 is 11.0. The molecule has 7 nitrogen and oxygen atoms in total. The first-order valence-electron chi connectivity index (χ1n) is 9.97. The summed E-state index contributed by atoms with van der Waals surface area (Å²) in [6.07, 6.45) is 3.93. The van der Waals surface area contributed by atoms with Crippen molar-refractivity contribution in [3.8, 4) is 16.9 Å². The number of carbonyl (C=O) groups is 2. The molecule has 1 aliphatic carbocycles. The zero-order valence-corrected chi connectivity index (χ0v) is 17.8. The van der Waals surface area contributed by atoms with Gasteiger partial charge in [0.15, 0.2) is 0 Å². The molecule has 7 heteroatoms. The van der Waals surface area contributed by atoms with E-state index in [1.54, 1.807) is 12.2 Å². The van der Waals surface area contributed by atoms with Crippen LogP contribution in [0.15, 0.2) is 59.8 Å². The number of nitrogens with one attached hydrogen (secondary N) is 1. The molecule has 31 heavy (non-hydrogen) atoms. The molecule has 2 aromatic carbocycles. The van der Waals surface area contributed by atoms with Crippen molar-refractivity contribution >= 4 is 18.1 Å². The van der Waals surface area contributed by atoms with E-state index in [4.69, 9.17) is 9.47 Å². The van der Waals surface area contributed by atoms with E-state index in [1.807, 2.05) is 63.2 Å². The van der Waals surface area contributed by atoms with Crippen LogP contribution in [0, 0.1) is 5.41 Å². The fourth-order valence-electron chi connectivity index (χ4n) is 3.45. The molecule has 1 atom stereocenters. The van der Waals surface area contributed by atoms with Crippen molar-refractivity contribution in [2.45, 2.75) is 26.8 Å². The van der Waals surface area contributed by atoms with Gasteiger partial charge in [-0.15, -0.1) is 0 Å². The average Bonchev–Trinajstić information content (AvgIpc) is 3.06. The van der Waals surface area contributed by atoms with Crippen molar-refractivity contribution < 1.29 is 24.3 Å². The number of fused-ring (bicyclic) bond motifs is 3. The third-order valence-electron chi connectivity index (χ3n) is 4.99. The number of ether oxygens (including phenoxy) is 2. The van der Waals surface area contributed by atoms with Gasteiger partial charge in [0.1, 0.15) is 30.7 Å². The van der Waals surface area contributed by atoms with Crippen molar-refractivity contribution in [3.63, 3.8) is 0 Å². The molecule has 1 amide bonds. The van der Waals surface area contributed by atoms with E-state index in [-0.39, 0.29) is 13.2 Å². The van der Waals surface area contributed by atoms with Gasteiger partial charge in [0, 0.05) is 11.1 Å². The molecule has 0 heterocycles. The Morgan fingerprint density at radius 1 is 1.06 bits per heavy atom. The zero-order valence-electron chi connectivity index (χ0n) is 17.8. The Labute approximate surface area is 181 Å². The molecular weight excluding hydrogens is 396 g/mol. The fourth-order valence-corrected chi connectivity index (χ4v) is 3.45. The van der Waals surface area contributed by atoms with Gasteiger partial charge in [-0.2, -0.15) is 0 Å². The molecule has 0 radical (unpaired) electrons. The Bertz CT molecular complexity index is 1020. The predicted octanol–water partition coefficient (Wildman–Crippen LogP) is 3.53. The van der Waals surface area contributed by atoms with Gasteiger partial charge in [0.25, 0.3) is 0 Å². The quantitative estimate of drug-likeness (QED) is 0.190. The molecule has 0 saturated heterocycles. The summed E-state index contributed by atoms with van der Waals surface area (Å²) in [7, 11) is 0. The van der Waals surface area contributed by atoms with Crippen LogP contribution in [0.2, 0.25) is 0 Å². The van der Waals surface area contributed by atoms with Crippen LogP contribution < -0.4 is 10.1 Å². The maximum Gasteiger partial charge on any atom is 0.329 e. The van der Waals surface area contributed by atoms with Gasteiger partial charge >= 0.3 is 5.97 Å². The number of rotatable bonds is 8. The number of carbonyl (C=O) groups excluding carboxylic acids is 2. The summed E-state index contributed by atoms with van der Waals surface area (Å²) in [6.45, 7) is 5.91. The maximum absolute atomic E-state index is 12.2. The van der Waals surface area contributed by atoms with Crippen LogP contribution in [0.3, 0.4) is 0 Å². The second-order valence-corrected chi connectivity index (χ2v) is 8.20. The number of hydrogen-bond acceptors (Lipinski definition) is 6. The van der Waals surface area contributed by atoms with Crippen molar-refractivity contribution in [2.75, 3.05) is 13.2 Å². The predicted molar refractivity (Wildman–Crippen MR) is 117 cm³/mol. The second-order valence-electron chi connectivity index (χ2n) is 8.20. The lowest BCUT2D eigenvalue weighted by molar-refractivity contribution is -0.148. The highest BCUT2D eigenvalue weighted by atomic mass is 16.5. The first-order valence-corrected chi connectivity index (χ1v) is 9.97. The standard InChI is InChI=1S/C24H26N2O5/c1-24(2,3)22(25-15-27)23(28)31-13-7-6-12-30-16-10-11-18-17-8-4-5-9-19(17)21(26-29)20(18)14-16/h4-11,14-15,22,29H,12-13H2,1-3H3,(H,25,27)/b7-6-,26-21+/t22-/m0/s1. The molecular formula is C24H26N2O5. The monoisotopic (exact) mass is 422 g/mol. The van der Waals surface area contributed by atoms with E-state index < -0.39 is 17.4 Å². The number of hydrogen-bond donors (Lipinski definition) is 2. The second kappa shape index (κ2) is 9.47. The lowest BCUT2D eigenvalue weighted by Gasteiger charge is -2.27. The molecule has 3 rings (SSSR count). The van der Waals surface area contributed by atoms with Crippen LogP contribution in [0.25, 0.3) is 11.1 Å². The molecule has 1 aliphatic rings. The van der Waals surface area contributed by atoms with Crippen LogP contribution in [0.4, 0.5) is 0 Å². The number of amides is 1. The van der Waals surface area contributed by atoms with Gasteiger partial charge in [0.2, 0.25) is 6.41 Å². The normalized spacial score (nSPS) is 14.7. The summed E-state index contributed by atoms with van der Waals surface area (Å²) in [5.41, 5.74) is 3.79. The molecule has 0 unspecified atom stereocenters. The van der Waals surface area contributed by atoms with Gasteiger partial charge in [-0.3, -0.25) is 4.79 Å². The van der Waals surface area contributed by atoms with Crippen molar-refractivity contribution in [1.29, 1.82) is 0 Å². The van der Waals surface area contributed by atoms with E-state index in [0.29, 0.717) is 17.9 Å². The minimum absolute atomic E-state index is 0.0795. The van der Waals surface area contributed by atoms with Crippen molar-refractivity contribution in [3.05, 3.63) is 65.7 Å². The average molecular weight is 422 g/mol. The number of oxime groups is 1. The first kappa shape index (κ1) is 22.1. The van der Waals surface area contributed by atoms with Crippen molar-refractivity contribution in [2.24, 2.45) is 10.6 Å². The Balaban J connectivity index is 1.54. The van der Waals surface area contributed by atoms with Crippen LogP contribution in [0.1, 0.15) is 31.9 Å². The topological polar surface area (TPSA) is 97.2 Å². The Hall–Kier alpha value is -3.61. The van der Waals surface area contributed by atoms with E-state index in [9.17, 15) is 14.8 Å². The third-order valence-corrected chi connectivity index (χ3v) is 4.99. The van der Waals surface area contributed by atoms with Crippen LogP contribution in [0.5, 0.6) is 5.75 Å². The molecule has 0 aromatic heterocycles. The summed E-state index contributed by atoms with van der Waals surface area (Å²) >= 11 is 0. The number of esters is 1. The smallest absolute Gasteiger partial charge is 0.329 e. The lowest BCUT2D eigenvalue weighted by atomic mass is 9.87. The summed E-state index contributed by atoms with van der Waals surface area (Å²) in [6, 6.07) is 12.7. The summed E-state index contributed by atoms with van der Waals surface area (Å²) in [5.74, 6) is 0.150. The minimum Gasteiger partial charge on any atom is -0.490 e. The molecule has 0 spiro atoms. The summed E-state index contributed by atoms with van der Waals surface area (Å²) in [4.78, 5) is 22.9. The van der Waals surface area contributed by atoms with E-state index in [0.717, 1.165) is 22.3 Å². The third kappa shape index (κ3) is 4.94. The molecule has 0 saturated carbocycles. The van der Waals surface area contributed by atoms with Crippen LogP contribution in [-0.2, 0) is 14.3 Å². The van der Waals surface area contributed by atoms with E-state index >= 15 is 0 Å². The number of nitrogens with zero attached hydrogens (tertiary/aromatic N) is 1. The Kier molecular flexibility index (Phi) is 6.74. The number of benzene rings is 2. The highest BCUT2D eigenvalue weighted by Crippen LogP contribution is 2.38. The van der Waals surface area contributed by atoms with Gasteiger partial charge in [-0.25, -0.2) is 4.79 Å². The lowest BCUT2D eigenvalue weighted by Crippen LogP contribution is -2.46. The molecule has 2 N–H and O–H groups in total. The largest absolute Gasteiger partial charge is 0.490 e. The highest BCUT2D eigenvalue weighted by Gasteiger charge is 2.32. The van der Waals surface area contributed by atoms with E-state index in [1.165, 1.54) is 0 Å². The van der Waals surface area contributed by atoms with Gasteiger partial charge < -0.3 is 20.0 Å². The van der Waals surface area contributed by atoms with Gasteiger partial charge in [-0.05, 0) is 46.9 Å². The highest BCUT2D eigenvalue weighted by molar-refractivity contribution is 6.24. The van der Waals surface area contributed by atoms with Crippen LogP contribution >= 0.6 is 0 Å². The molecule has 0 fully saturated rings. The molecule has 2 aromatic rings. The van der Waals surface area contributed by atoms with Gasteiger partial charge in [0.05, 0.1) is 0 Å². The van der Waals surface area contributed by atoms with E-state index in [2.05, 4.69) is 10.5 Å².